The van der Waals surface area contributed by atoms with Gasteiger partial charge in [0.1, 0.15) is 11.5 Å². The maximum Gasteiger partial charge on any atom is 0.298 e. The minimum absolute atomic E-state index is 0.200. The number of carbonyl (C=O) groups is 3. The van der Waals surface area contributed by atoms with Crippen molar-refractivity contribution in [3.05, 3.63) is 52.9 Å². The van der Waals surface area contributed by atoms with Crippen molar-refractivity contribution in [1.29, 1.82) is 0 Å². The molecule has 0 radical (unpaired) electrons. The Morgan fingerprint density at radius 3 is 2.39 bits per heavy atom. The van der Waals surface area contributed by atoms with Crippen LogP contribution in [0.5, 0.6) is 11.5 Å². The molecule has 7 nitrogen and oxygen atoms in total. The summed E-state index contributed by atoms with van der Waals surface area (Å²) < 4.78 is 10.5. The van der Waals surface area contributed by atoms with E-state index in [9.17, 15) is 14.4 Å². The maximum absolute atomic E-state index is 12.8. The fraction of sp³-hybridized carbons (Fsp3) is 0.150. The van der Waals surface area contributed by atoms with Crippen LogP contribution in [-0.4, -0.2) is 31.3 Å². The number of carbonyl (C=O) groups excluding carboxylic acids is 3. The number of anilines is 2. The molecule has 8 heteroatoms. The van der Waals surface area contributed by atoms with Crippen LogP contribution >= 0.6 is 11.8 Å². The zero-order valence-corrected chi connectivity index (χ0v) is 16.3. The first-order valence-corrected chi connectivity index (χ1v) is 9.12. The van der Waals surface area contributed by atoms with Crippen molar-refractivity contribution in [1.82, 2.24) is 0 Å². The molecule has 1 saturated heterocycles. The van der Waals surface area contributed by atoms with Crippen molar-refractivity contribution in [2.75, 3.05) is 24.4 Å². The Bertz CT molecular complexity index is 969. The lowest BCUT2D eigenvalue weighted by atomic mass is 10.1. The summed E-state index contributed by atoms with van der Waals surface area (Å²) in [6.07, 6.45) is 1.61. The van der Waals surface area contributed by atoms with Gasteiger partial charge in [-0.1, -0.05) is 0 Å². The van der Waals surface area contributed by atoms with Gasteiger partial charge in [0.2, 0.25) is 5.91 Å². The third-order valence-corrected chi connectivity index (χ3v) is 4.83. The second-order valence-corrected chi connectivity index (χ2v) is 6.85. The quantitative estimate of drug-likeness (QED) is 0.769. The lowest BCUT2D eigenvalue weighted by molar-refractivity contribution is -0.114. The van der Waals surface area contributed by atoms with Crippen LogP contribution in [0, 0.1) is 0 Å². The van der Waals surface area contributed by atoms with E-state index in [-0.39, 0.29) is 10.8 Å². The molecule has 0 saturated carbocycles. The Hall–Kier alpha value is -3.26. The summed E-state index contributed by atoms with van der Waals surface area (Å²) in [5, 5.41) is 2.24. The van der Waals surface area contributed by atoms with E-state index in [2.05, 4.69) is 5.32 Å². The van der Waals surface area contributed by atoms with Gasteiger partial charge in [0.15, 0.2) is 0 Å². The molecule has 1 fully saturated rings. The summed E-state index contributed by atoms with van der Waals surface area (Å²) in [4.78, 5) is 37.7. The van der Waals surface area contributed by atoms with Crippen LogP contribution in [-0.2, 0) is 9.59 Å². The van der Waals surface area contributed by atoms with E-state index in [1.54, 1.807) is 55.7 Å². The molecule has 0 spiro atoms. The largest absolute Gasteiger partial charge is 0.497 e. The van der Waals surface area contributed by atoms with Gasteiger partial charge in [0.25, 0.3) is 11.1 Å². The highest BCUT2D eigenvalue weighted by Crippen LogP contribution is 2.37. The number of nitrogens with zero attached hydrogens (tertiary/aromatic N) is 1. The molecule has 3 amide bonds. The number of methoxy groups -OCH3 is 2. The van der Waals surface area contributed by atoms with Crippen molar-refractivity contribution in [3.8, 4) is 11.5 Å². The monoisotopic (exact) mass is 398 g/mol. The predicted octanol–water partition coefficient (Wildman–Crippen LogP) is 3.90. The molecule has 1 N–H and O–H groups in total. The standard InChI is InChI=1S/C20H18N2O5S/c1-12(23)21-14-4-6-15(7-5-14)22-19(24)18(28-20(22)25)11-13-10-16(26-2)8-9-17(13)27-3/h4-11H,1-3H3,(H,21,23)/b18-11-. The topological polar surface area (TPSA) is 84.9 Å². The zero-order chi connectivity index (χ0) is 20.3. The van der Waals surface area contributed by atoms with Crippen molar-refractivity contribution in [3.63, 3.8) is 0 Å². The van der Waals surface area contributed by atoms with Crippen molar-refractivity contribution in [2.45, 2.75) is 6.92 Å². The molecule has 1 aliphatic heterocycles. The molecule has 2 aromatic rings. The average Bonchev–Trinajstić information content (AvgIpc) is 2.95. The van der Waals surface area contributed by atoms with E-state index >= 15 is 0 Å². The molecule has 0 aromatic heterocycles. The molecular formula is C20H18N2O5S. The maximum atomic E-state index is 12.8. The molecule has 0 aliphatic carbocycles. The fourth-order valence-electron chi connectivity index (χ4n) is 2.68. The third kappa shape index (κ3) is 4.01. The number of imide groups is 1. The summed E-state index contributed by atoms with van der Waals surface area (Å²) >= 11 is 0.851. The van der Waals surface area contributed by atoms with Gasteiger partial charge in [-0.05, 0) is 60.3 Å². The van der Waals surface area contributed by atoms with Crippen molar-refractivity contribution >= 4 is 46.3 Å². The van der Waals surface area contributed by atoms with E-state index in [1.807, 2.05) is 0 Å². The molecule has 28 heavy (non-hydrogen) atoms. The SMILES string of the molecule is COc1ccc(OC)c(/C=C2\SC(=O)N(c3ccc(NC(C)=O)cc3)C2=O)c1. The van der Waals surface area contributed by atoms with E-state index in [0.717, 1.165) is 16.7 Å². The van der Waals surface area contributed by atoms with Crippen LogP contribution in [0.4, 0.5) is 16.2 Å². The Morgan fingerprint density at radius 2 is 1.79 bits per heavy atom. The number of thioether (sulfide) groups is 1. The van der Waals surface area contributed by atoms with Crippen molar-refractivity contribution in [2.24, 2.45) is 0 Å². The van der Waals surface area contributed by atoms with Gasteiger partial charge in [-0.3, -0.25) is 14.4 Å². The van der Waals surface area contributed by atoms with Gasteiger partial charge in [-0.2, -0.15) is 0 Å². The van der Waals surface area contributed by atoms with Gasteiger partial charge in [-0.15, -0.1) is 0 Å². The number of hydrogen-bond donors (Lipinski definition) is 1. The summed E-state index contributed by atoms with van der Waals surface area (Å²) in [5.74, 6) is 0.549. The van der Waals surface area contributed by atoms with Crippen LogP contribution in [0.15, 0.2) is 47.4 Å². The molecule has 2 aromatic carbocycles. The third-order valence-electron chi connectivity index (χ3n) is 3.96. The lowest BCUT2D eigenvalue weighted by Gasteiger charge is -2.13. The first-order valence-electron chi connectivity index (χ1n) is 8.30. The minimum Gasteiger partial charge on any atom is -0.497 e. The Morgan fingerprint density at radius 1 is 1.07 bits per heavy atom. The second-order valence-electron chi connectivity index (χ2n) is 5.85. The van der Waals surface area contributed by atoms with Crippen LogP contribution in [0.25, 0.3) is 6.08 Å². The highest BCUT2D eigenvalue weighted by molar-refractivity contribution is 8.19. The number of benzene rings is 2. The van der Waals surface area contributed by atoms with Gasteiger partial charge >= 0.3 is 0 Å². The van der Waals surface area contributed by atoms with Crippen LogP contribution in [0.1, 0.15) is 12.5 Å². The van der Waals surface area contributed by atoms with Gasteiger partial charge in [0.05, 0.1) is 24.8 Å². The second kappa shape index (κ2) is 8.18. The fourth-order valence-corrected chi connectivity index (χ4v) is 3.51. The van der Waals surface area contributed by atoms with Crippen LogP contribution in [0.2, 0.25) is 0 Å². The van der Waals surface area contributed by atoms with Crippen molar-refractivity contribution < 1.29 is 23.9 Å². The minimum atomic E-state index is -0.424. The van der Waals surface area contributed by atoms with Gasteiger partial charge < -0.3 is 14.8 Å². The Kier molecular flexibility index (Phi) is 5.70. The summed E-state index contributed by atoms with van der Waals surface area (Å²) in [6, 6.07) is 11.7. The number of ether oxygens (including phenoxy) is 2. The summed E-state index contributed by atoms with van der Waals surface area (Å²) in [6.45, 7) is 1.40. The smallest absolute Gasteiger partial charge is 0.298 e. The zero-order valence-electron chi connectivity index (χ0n) is 15.5. The number of rotatable bonds is 5. The van der Waals surface area contributed by atoms with Crippen LogP contribution < -0.4 is 19.7 Å². The number of amides is 3. The normalized spacial score (nSPS) is 15.1. The molecule has 0 atom stereocenters. The molecule has 0 bridgehead atoms. The predicted molar refractivity (Wildman–Crippen MR) is 109 cm³/mol. The average molecular weight is 398 g/mol. The molecule has 3 rings (SSSR count). The Balaban J connectivity index is 1.90. The highest BCUT2D eigenvalue weighted by atomic mass is 32.2. The number of hydrogen-bond acceptors (Lipinski definition) is 6. The number of nitrogens with one attached hydrogen (secondary N) is 1. The van der Waals surface area contributed by atoms with Gasteiger partial charge in [-0.25, -0.2) is 4.90 Å². The molecular weight excluding hydrogens is 380 g/mol. The molecule has 1 heterocycles. The van der Waals surface area contributed by atoms with Gasteiger partial charge in [0, 0.05) is 18.2 Å². The van der Waals surface area contributed by atoms with Crippen LogP contribution in [0.3, 0.4) is 0 Å². The van der Waals surface area contributed by atoms with E-state index in [0.29, 0.717) is 28.4 Å². The summed E-state index contributed by atoms with van der Waals surface area (Å²) in [7, 11) is 3.08. The van der Waals surface area contributed by atoms with E-state index < -0.39 is 11.1 Å². The van der Waals surface area contributed by atoms with E-state index in [1.165, 1.54) is 14.0 Å². The molecule has 1 aliphatic rings. The highest BCUT2D eigenvalue weighted by Gasteiger charge is 2.36. The lowest BCUT2D eigenvalue weighted by Crippen LogP contribution is -2.27. The molecule has 0 unspecified atom stereocenters. The summed E-state index contributed by atoms with van der Waals surface area (Å²) in [5.41, 5.74) is 1.64. The Labute approximate surface area is 166 Å². The first kappa shape index (κ1) is 19.5. The van der Waals surface area contributed by atoms with E-state index in [4.69, 9.17) is 9.47 Å². The first-order chi connectivity index (χ1) is 13.4. The molecule has 144 valence electrons.